The van der Waals surface area contributed by atoms with E-state index in [4.69, 9.17) is 49.4 Å². The number of anilines is 1. The number of methoxy groups -OCH3 is 2. The van der Waals surface area contributed by atoms with Crippen LogP contribution >= 0.6 is 34.8 Å². The highest BCUT2D eigenvalue weighted by Crippen LogP contribution is 2.40. The van der Waals surface area contributed by atoms with Gasteiger partial charge in [-0.15, -0.1) is 0 Å². The third-order valence-electron chi connectivity index (χ3n) is 5.51. The van der Waals surface area contributed by atoms with E-state index in [0.717, 1.165) is 5.56 Å². The lowest BCUT2D eigenvalue weighted by Gasteiger charge is -2.25. The molecule has 0 saturated heterocycles. The molecule has 1 aliphatic rings. The predicted molar refractivity (Wildman–Crippen MR) is 140 cm³/mol. The van der Waals surface area contributed by atoms with Gasteiger partial charge in [0.2, 0.25) is 10.0 Å². The average molecular weight is 555 g/mol. The molecule has 0 saturated carbocycles. The van der Waals surface area contributed by atoms with Crippen molar-refractivity contribution in [2.24, 2.45) is 5.10 Å². The van der Waals surface area contributed by atoms with Crippen molar-refractivity contribution in [1.29, 1.82) is 0 Å². The quantitative estimate of drug-likeness (QED) is 0.372. The minimum Gasteiger partial charge on any atom is -0.497 e. The highest BCUT2D eigenvalue weighted by Gasteiger charge is 2.31. The third-order valence-corrected chi connectivity index (χ3v) is 7.74. The Balaban J connectivity index is 1.61. The first-order valence-electron chi connectivity index (χ1n) is 10.5. The predicted octanol–water partition coefficient (Wildman–Crippen LogP) is 5.95. The van der Waals surface area contributed by atoms with Gasteiger partial charge >= 0.3 is 0 Å². The van der Waals surface area contributed by atoms with Crippen molar-refractivity contribution >= 4 is 56.2 Å². The lowest BCUT2D eigenvalue weighted by molar-refractivity contribution is 0.386. The van der Waals surface area contributed by atoms with E-state index in [1.165, 1.54) is 26.4 Å². The SMILES string of the molecule is COc1ccc(S(=O)(=O)NCC2=NN(c3ccc(Cl)cc3Cl)C(c3ccc(Cl)cc3)C2)c(OC)c1. The smallest absolute Gasteiger partial charge is 0.244 e. The van der Waals surface area contributed by atoms with Crippen LogP contribution in [0.2, 0.25) is 15.1 Å². The van der Waals surface area contributed by atoms with E-state index in [2.05, 4.69) is 4.72 Å². The standard InChI is InChI=1S/C24H22Cl3N3O4S/c1-33-19-8-10-24(23(13-19)34-2)35(31,32)28-14-18-12-22(15-3-5-16(25)6-4-15)30(29-18)21-9-7-17(26)11-20(21)27/h3-11,13,22,28H,12,14H2,1-2H3. The number of nitrogens with zero attached hydrogens (tertiary/aromatic N) is 2. The van der Waals surface area contributed by atoms with Crippen LogP contribution in [0, 0.1) is 0 Å². The van der Waals surface area contributed by atoms with Crippen molar-refractivity contribution < 1.29 is 17.9 Å². The number of hydrazone groups is 1. The van der Waals surface area contributed by atoms with E-state index in [0.29, 0.717) is 38.6 Å². The molecular formula is C24H22Cl3N3O4S. The summed E-state index contributed by atoms with van der Waals surface area (Å²) in [4.78, 5) is 0.00579. The van der Waals surface area contributed by atoms with Gasteiger partial charge in [0, 0.05) is 22.5 Å². The van der Waals surface area contributed by atoms with Gasteiger partial charge in [-0.1, -0.05) is 46.9 Å². The minimum absolute atomic E-state index is 0.00329. The van der Waals surface area contributed by atoms with E-state index in [1.807, 2.05) is 12.1 Å². The molecule has 0 spiro atoms. The van der Waals surface area contributed by atoms with Crippen molar-refractivity contribution in [3.8, 4) is 11.5 Å². The Bertz CT molecular complexity index is 1360. The van der Waals surface area contributed by atoms with Crippen LogP contribution < -0.4 is 19.2 Å². The first kappa shape index (κ1) is 25.6. The molecule has 0 aromatic heterocycles. The van der Waals surface area contributed by atoms with Gasteiger partial charge in [0.1, 0.15) is 16.4 Å². The molecule has 7 nitrogen and oxygen atoms in total. The van der Waals surface area contributed by atoms with Crippen LogP contribution in [0.5, 0.6) is 11.5 Å². The van der Waals surface area contributed by atoms with E-state index in [9.17, 15) is 8.42 Å². The van der Waals surface area contributed by atoms with Gasteiger partial charge in [-0.05, 0) is 48.0 Å². The van der Waals surface area contributed by atoms with Crippen LogP contribution in [-0.2, 0) is 10.0 Å². The van der Waals surface area contributed by atoms with Crippen LogP contribution in [0.4, 0.5) is 5.69 Å². The molecule has 1 unspecified atom stereocenters. The summed E-state index contributed by atoms with van der Waals surface area (Å²) in [6.07, 6.45) is 0.475. The summed E-state index contributed by atoms with van der Waals surface area (Å²) < 4.78 is 39.1. The summed E-state index contributed by atoms with van der Waals surface area (Å²) in [5.41, 5.74) is 2.25. The monoisotopic (exact) mass is 553 g/mol. The van der Waals surface area contributed by atoms with Crippen molar-refractivity contribution in [2.75, 3.05) is 25.8 Å². The van der Waals surface area contributed by atoms with Crippen LogP contribution in [-0.4, -0.2) is 34.9 Å². The molecule has 0 aliphatic carbocycles. The first-order chi connectivity index (χ1) is 16.7. The summed E-state index contributed by atoms with van der Waals surface area (Å²) in [7, 11) is -0.993. The van der Waals surface area contributed by atoms with Gasteiger partial charge in [-0.25, -0.2) is 13.1 Å². The Morgan fingerprint density at radius 2 is 1.69 bits per heavy atom. The number of benzene rings is 3. The van der Waals surface area contributed by atoms with Crippen molar-refractivity contribution in [1.82, 2.24) is 4.72 Å². The molecule has 11 heteroatoms. The third kappa shape index (κ3) is 5.68. The van der Waals surface area contributed by atoms with Gasteiger partial charge in [-0.2, -0.15) is 5.10 Å². The van der Waals surface area contributed by atoms with Gasteiger partial charge < -0.3 is 9.47 Å². The zero-order chi connectivity index (χ0) is 25.2. The Kier molecular flexibility index (Phi) is 7.78. The maximum atomic E-state index is 13.0. The summed E-state index contributed by atoms with van der Waals surface area (Å²) in [6.45, 7) is 0.00329. The lowest BCUT2D eigenvalue weighted by atomic mass is 10.0. The fourth-order valence-electron chi connectivity index (χ4n) is 3.77. The summed E-state index contributed by atoms with van der Waals surface area (Å²) in [6, 6.07) is 16.9. The number of hydrogen-bond donors (Lipinski definition) is 1. The molecule has 4 rings (SSSR count). The molecule has 1 N–H and O–H groups in total. The second kappa shape index (κ2) is 10.6. The van der Waals surface area contributed by atoms with Crippen molar-refractivity contribution in [3.05, 3.63) is 81.3 Å². The Labute approximate surface area is 219 Å². The molecule has 0 amide bonds. The first-order valence-corrected chi connectivity index (χ1v) is 13.1. The fraction of sp³-hybridized carbons (Fsp3) is 0.208. The molecule has 1 aliphatic heterocycles. The fourth-order valence-corrected chi connectivity index (χ4v) is 5.55. The van der Waals surface area contributed by atoms with Gasteiger partial charge in [0.25, 0.3) is 0 Å². The molecule has 3 aromatic rings. The van der Waals surface area contributed by atoms with Crippen LogP contribution in [0.1, 0.15) is 18.0 Å². The zero-order valence-corrected chi connectivity index (χ0v) is 21.9. The molecule has 35 heavy (non-hydrogen) atoms. The second-order valence-electron chi connectivity index (χ2n) is 7.72. The largest absolute Gasteiger partial charge is 0.497 e. The lowest BCUT2D eigenvalue weighted by Crippen LogP contribution is -2.29. The number of sulfonamides is 1. The Hall–Kier alpha value is -2.49. The van der Waals surface area contributed by atoms with Crippen LogP contribution in [0.3, 0.4) is 0 Å². The van der Waals surface area contributed by atoms with E-state index < -0.39 is 10.0 Å². The number of hydrogen-bond acceptors (Lipinski definition) is 6. The second-order valence-corrected chi connectivity index (χ2v) is 10.7. The minimum atomic E-state index is -3.89. The maximum Gasteiger partial charge on any atom is 0.244 e. The molecule has 0 fully saturated rings. The summed E-state index contributed by atoms with van der Waals surface area (Å²) in [5, 5.41) is 8.04. The molecular weight excluding hydrogens is 533 g/mol. The number of rotatable bonds is 8. The van der Waals surface area contributed by atoms with Gasteiger partial charge in [-0.3, -0.25) is 5.01 Å². The molecule has 184 valence electrons. The number of halogens is 3. The van der Waals surface area contributed by atoms with Gasteiger partial charge in [0.05, 0.1) is 43.2 Å². The summed E-state index contributed by atoms with van der Waals surface area (Å²) in [5.74, 6) is 0.668. The average Bonchev–Trinajstić information content (AvgIpc) is 3.26. The molecule has 0 radical (unpaired) electrons. The van der Waals surface area contributed by atoms with E-state index >= 15 is 0 Å². The van der Waals surface area contributed by atoms with Crippen molar-refractivity contribution in [2.45, 2.75) is 17.4 Å². The van der Waals surface area contributed by atoms with E-state index in [-0.39, 0.29) is 23.2 Å². The van der Waals surface area contributed by atoms with Gasteiger partial charge in [0.15, 0.2) is 0 Å². The zero-order valence-electron chi connectivity index (χ0n) is 18.8. The maximum absolute atomic E-state index is 13.0. The highest BCUT2D eigenvalue weighted by atomic mass is 35.5. The number of nitrogens with one attached hydrogen (secondary N) is 1. The molecule has 3 aromatic carbocycles. The normalized spacial score (nSPS) is 15.7. The topological polar surface area (TPSA) is 80.2 Å². The highest BCUT2D eigenvalue weighted by molar-refractivity contribution is 7.89. The van der Waals surface area contributed by atoms with Crippen LogP contribution in [0.25, 0.3) is 0 Å². The molecule has 1 heterocycles. The van der Waals surface area contributed by atoms with Crippen LogP contribution in [0.15, 0.2) is 70.7 Å². The molecule has 1 atom stereocenters. The molecule has 0 bridgehead atoms. The van der Waals surface area contributed by atoms with Crippen molar-refractivity contribution in [3.63, 3.8) is 0 Å². The number of ether oxygens (including phenoxy) is 2. The summed E-state index contributed by atoms with van der Waals surface area (Å²) >= 11 is 18.6. The van der Waals surface area contributed by atoms with E-state index in [1.54, 1.807) is 41.4 Å². The Morgan fingerprint density at radius 3 is 2.34 bits per heavy atom. The Morgan fingerprint density at radius 1 is 0.971 bits per heavy atom.